The van der Waals surface area contributed by atoms with E-state index in [4.69, 9.17) is 19.7 Å². The summed E-state index contributed by atoms with van der Waals surface area (Å²) in [7, 11) is -2.53. The zero-order valence-electron chi connectivity index (χ0n) is 20.5. The summed E-state index contributed by atoms with van der Waals surface area (Å²) >= 11 is 3.25. The minimum Gasteiger partial charge on any atom is -0.486 e. The lowest BCUT2D eigenvalue weighted by Gasteiger charge is -2.38. The predicted molar refractivity (Wildman–Crippen MR) is 134 cm³/mol. The van der Waals surface area contributed by atoms with Gasteiger partial charge < -0.3 is 14.2 Å². The lowest BCUT2D eigenvalue weighted by Crippen LogP contribution is -2.50. The van der Waals surface area contributed by atoms with E-state index in [1.165, 1.54) is 12.1 Å². The number of hydrogen-bond acceptors (Lipinski definition) is 8. The number of methoxy groups -OCH3 is 2. The molecule has 3 rings (SSSR count). The van der Waals surface area contributed by atoms with Gasteiger partial charge in [-0.2, -0.15) is 13.2 Å². The van der Waals surface area contributed by atoms with Crippen LogP contribution in [0.2, 0.25) is 0 Å². The Bertz CT molecular complexity index is 1400. The molecule has 2 aromatic rings. The minimum atomic E-state index is -4.79. The van der Waals surface area contributed by atoms with Crippen LogP contribution in [0.3, 0.4) is 0 Å². The van der Waals surface area contributed by atoms with Crippen LogP contribution in [0.4, 0.5) is 18.9 Å². The standard InChI is InChI=1S/C23H22BrF3N4O7S/c1-36-20(32)22(21(33)37-2,8-9-29-30-28)12-16-13-31(18-11-15(24)6-7-19(18)38-16)39(34,35)17-5-3-4-14(10-17)23(25,26)27/h3-7,10-11,16H,8-9,12-13H2,1-2H3. The van der Waals surface area contributed by atoms with E-state index in [0.29, 0.717) is 10.5 Å². The van der Waals surface area contributed by atoms with Gasteiger partial charge in [0.1, 0.15) is 11.9 Å². The molecule has 0 bridgehead atoms. The van der Waals surface area contributed by atoms with E-state index in [1.54, 1.807) is 6.07 Å². The van der Waals surface area contributed by atoms with Gasteiger partial charge in [-0.1, -0.05) is 27.1 Å². The Hall–Kier alpha value is -3.49. The number of alkyl halides is 3. The van der Waals surface area contributed by atoms with Gasteiger partial charge in [-0.05, 0) is 48.4 Å². The summed E-state index contributed by atoms with van der Waals surface area (Å²) in [5.41, 5.74) is 5.49. The molecule has 11 nitrogen and oxygen atoms in total. The van der Waals surface area contributed by atoms with Crippen LogP contribution in [-0.2, 0) is 35.3 Å². The molecular weight excluding hydrogens is 613 g/mol. The van der Waals surface area contributed by atoms with Crippen LogP contribution in [0.1, 0.15) is 18.4 Å². The highest BCUT2D eigenvalue weighted by Gasteiger charge is 2.51. The molecule has 1 aliphatic heterocycles. The zero-order valence-corrected chi connectivity index (χ0v) is 22.9. The molecule has 0 aromatic heterocycles. The second-order valence-corrected chi connectivity index (χ2v) is 11.2. The van der Waals surface area contributed by atoms with Crippen LogP contribution in [-0.4, -0.2) is 53.8 Å². The summed E-state index contributed by atoms with van der Waals surface area (Å²) in [5, 5.41) is 3.37. The van der Waals surface area contributed by atoms with Crippen LogP contribution in [0, 0.1) is 5.41 Å². The average molecular weight is 635 g/mol. The third-order valence-electron chi connectivity index (χ3n) is 6.03. The summed E-state index contributed by atoms with van der Waals surface area (Å²) < 4.78 is 84.3. The third-order valence-corrected chi connectivity index (χ3v) is 8.30. The first-order valence-electron chi connectivity index (χ1n) is 11.1. The Morgan fingerprint density at radius 2 is 1.85 bits per heavy atom. The van der Waals surface area contributed by atoms with Gasteiger partial charge in [-0.3, -0.25) is 13.9 Å². The molecule has 1 unspecified atom stereocenters. The molecule has 0 amide bonds. The van der Waals surface area contributed by atoms with E-state index in [1.807, 2.05) is 0 Å². The second kappa shape index (κ2) is 11.7. The van der Waals surface area contributed by atoms with Gasteiger partial charge in [-0.15, -0.1) is 0 Å². The number of hydrogen-bond donors (Lipinski definition) is 0. The van der Waals surface area contributed by atoms with E-state index < -0.39 is 63.1 Å². The van der Waals surface area contributed by atoms with E-state index in [-0.39, 0.29) is 24.4 Å². The van der Waals surface area contributed by atoms with E-state index in [9.17, 15) is 31.2 Å². The quantitative estimate of drug-likeness (QED) is 0.126. The molecule has 0 spiro atoms. The number of anilines is 1. The van der Waals surface area contributed by atoms with Crippen molar-refractivity contribution in [1.29, 1.82) is 0 Å². The maximum absolute atomic E-state index is 13.7. The first-order chi connectivity index (χ1) is 18.3. The zero-order chi connectivity index (χ0) is 29.0. The number of carbonyl (C=O) groups is 2. The molecule has 1 atom stereocenters. The van der Waals surface area contributed by atoms with Crippen molar-refractivity contribution in [2.24, 2.45) is 10.5 Å². The molecule has 16 heteroatoms. The first-order valence-corrected chi connectivity index (χ1v) is 13.4. The lowest BCUT2D eigenvalue weighted by molar-refractivity contribution is -0.171. The van der Waals surface area contributed by atoms with Crippen molar-refractivity contribution in [2.45, 2.75) is 30.0 Å². The fourth-order valence-corrected chi connectivity index (χ4v) is 6.09. The molecule has 210 valence electrons. The molecule has 1 heterocycles. The van der Waals surface area contributed by atoms with Crippen molar-refractivity contribution >= 4 is 43.6 Å². The summed E-state index contributed by atoms with van der Waals surface area (Å²) in [6.45, 7) is -0.789. The van der Waals surface area contributed by atoms with Crippen LogP contribution in [0.15, 0.2) is 56.9 Å². The Morgan fingerprint density at radius 1 is 1.18 bits per heavy atom. The van der Waals surface area contributed by atoms with Crippen molar-refractivity contribution in [2.75, 3.05) is 31.6 Å². The second-order valence-electron chi connectivity index (χ2n) is 8.39. The highest BCUT2D eigenvalue weighted by atomic mass is 79.9. The molecule has 0 saturated carbocycles. The Morgan fingerprint density at radius 3 is 2.44 bits per heavy atom. The number of rotatable bonds is 9. The van der Waals surface area contributed by atoms with Gasteiger partial charge in [0.05, 0.1) is 36.9 Å². The van der Waals surface area contributed by atoms with Crippen LogP contribution in [0.5, 0.6) is 5.75 Å². The average Bonchev–Trinajstić information content (AvgIpc) is 2.90. The van der Waals surface area contributed by atoms with Crippen molar-refractivity contribution in [3.8, 4) is 5.75 Å². The maximum Gasteiger partial charge on any atom is 0.416 e. The number of halogens is 4. The van der Waals surface area contributed by atoms with Crippen LogP contribution in [0.25, 0.3) is 10.4 Å². The Kier molecular flexibility index (Phi) is 9.03. The monoisotopic (exact) mass is 634 g/mol. The van der Waals surface area contributed by atoms with Gasteiger partial charge in [0.15, 0.2) is 5.41 Å². The van der Waals surface area contributed by atoms with Crippen molar-refractivity contribution < 1.29 is 45.4 Å². The number of nitrogens with zero attached hydrogens (tertiary/aromatic N) is 4. The van der Waals surface area contributed by atoms with Crippen LogP contribution >= 0.6 is 15.9 Å². The fourth-order valence-electron chi connectivity index (χ4n) is 4.20. The summed E-state index contributed by atoms with van der Waals surface area (Å²) in [4.78, 5) is 27.7. The number of fused-ring (bicyclic) bond motifs is 1. The topological polar surface area (TPSA) is 148 Å². The summed E-state index contributed by atoms with van der Waals surface area (Å²) in [6, 6.07) is 7.65. The highest BCUT2D eigenvalue weighted by Crippen LogP contribution is 2.43. The van der Waals surface area contributed by atoms with Gasteiger partial charge in [0, 0.05) is 22.4 Å². The molecule has 1 aliphatic rings. The SMILES string of the molecule is COC(=O)C(CCN=[N+]=[N-])(CC1CN(S(=O)(=O)c2cccc(C(F)(F)F)c2)c2cc(Br)ccc2O1)C(=O)OC. The maximum atomic E-state index is 13.7. The number of benzene rings is 2. The first kappa shape index (κ1) is 30.1. The van der Waals surface area contributed by atoms with Crippen molar-refractivity contribution in [1.82, 2.24) is 0 Å². The van der Waals surface area contributed by atoms with Crippen molar-refractivity contribution in [3.05, 3.63) is 62.9 Å². The smallest absolute Gasteiger partial charge is 0.416 e. The lowest BCUT2D eigenvalue weighted by atomic mass is 9.78. The number of azide groups is 1. The Labute approximate surface area is 229 Å². The van der Waals surface area contributed by atoms with Crippen molar-refractivity contribution in [3.63, 3.8) is 0 Å². The van der Waals surface area contributed by atoms with Gasteiger partial charge in [0.2, 0.25) is 0 Å². The molecule has 0 saturated heterocycles. The molecule has 2 aromatic carbocycles. The third kappa shape index (κ3) is 6.23. The summed E-state index contributed by atoms with van der Waals surface area (Å²) in [5.74, 6) is -2.02. The van der Waals surface area contributed by atoms with E-state index in [0.717, 1.165) is 36.7 Å². The molecule has 0 fully saturated rings. The molecule has 0 N–H and O–H groups in total. The van der Waals surface area contributed by atoms with Gasteiger partial charge >= 0.3 is 18.1 Å². The number of ether oxygens (including phenoxy) is 3. The number of sulfonamides is 1. The molecule has 0 aliphatic carbocycles. The highest BCUT2D eigenvalue weighted by molar-refractivity contribution is 9.10. The van der Waals surface area contributed by atoms with Crippen LogP contribution < -0.4 is 9.04 Å². The fraction of sp³-hybridized carbons (Fsp3) is 0.391. The minimum absolute atomic E-state index is 0.0221. The van der Waals surface area contributed by atoms with E-state index >= 15 is 0 Å². The predicted octanol–water partition coefficient (Wildman–Crippen LogP) is 4.85. The normalized spacial score (nSPS) is 15.4. The van der Waals surface area contributed by atoms with Gasteiger partial charge in [-0.25, -0.2) is 8.42 Å². The molecule has 39 heavy (non-hydrogen) atoms. The van der Waals surface area contributed by atoms with E-state index in [2.05, 4.69) is 26.0 Å². The molecule has 0 radical (unpaired) electrons. The Balaban J connectivity index is 2.11. The largest absolute Gasteiger partial charge is 0.486 e. The summed E-state index contributed by atoms with van der Waals surface area (Å²) in [6.07, 6.45) is -6.77. The molecular formula is C23H22BrF3N4O7S. The number of carbonyl (C=O) groups excluding carboxylic acids is 2. The number of esters is 2. The van der Waals surface area contributed by atoms with Gasteiger partial charge in [0.25, 0.3) is 10.0 Å².